The topological polar surface area (TPSA) is 60.8 Å². The standard InChI is InChI=1S/C14H22BNO4S/c1-9-10(15-19-12(2,3)13(4,5)20-15)21-11(16-9)14(17)6-7-18-8-14/h17H,6-8H2,1-5H3. The molecule has 0 aromatic carbocycles. The lowest BCUT2D eigenvalue weighted by molar-refractivity contribution is 0.00578. The summed E-state index contributed by atoms with van der Waals surface area (Å²) < 4.78 is 18.4. The van der Waals surface area contributed by atoms with Crippen LogP contribution in [0.15, 0.2) is 0 Å². The molecule has 1 atom stereocenters. The Bertz CT molecular complexity index is 535. The minimum Gasteiger partial charge on any atom is -0.399 e. The maximum Gasteiger partial charge on any atom is 0.507 e. The molecule has 0 bridgehead atoms. The monoisotopic (exact) mass is 311 g/mol. The molecular formula is C14H22BNO4S. The van der Waals surface area contributed by atoms with E-state index < -0.39 is 12.7 Å². The Morgan fingerprint density at radius 2 is 1.81 bits per heavy atom. The van der Waals surface area contributed by atoms with Crippen LogP contribution in [0.1, 0.15) is 44.8 Å². The van der Waals surface area contributed by atoms with Crippen molar-refractivity contribution in [3.63, 3.8) is 0 Å². The number of aryl methyl sites for hydroxylation is 1. The van der Waals surface area contributed by atoms with Gasteiger partial charge in [-0.3, -0.25) is 0 Å². The van der Waals surface area contributed by atoms with Crippen LogP contribution in [0.2, 0.25) is 0 Å². The molecule has 3 heterocycles. The van der Waals surface area contributed by atoms with Crippen molar-refractivity contribution in [1.82, 2.24) is 4.98 Å². The maximum absolute atomic E-state index is 10.6. The van der Waals surface area contributed by atoms with Gasteiger partial charge in [-0.25, -0.2) is 4.98 Å². The van der Waals surface area contributed by atoms with Gasteiger partial charge in [0.05, 0.1) is 22.6 Å². The van der Waals surface area contributed by atoms with E-state index in [0.717, 1.165) is 10.5 Å². The summed E-state index contributed by atoms with van der Waals surface area (Å²) in [4.78, 5) is 4.53. The van der Waals surface area contributed by atoms with Gasteiger partial charge in [-0.05, 0) is 34.6 Å². The Balaban J connectivity index is 1.89. The molecule has 7 heteroatoms. The van der Waals surface area contributed by atoms with Crippen LogP contribution >= 0.6 is 11.3 Å². The van der Waals surface area contributed by atoms with E-state index in [1.807, 2.05) is 34.6 Å². The molecule has 2 aliphatic heterocycles. The highest BCUT2D eigenvalue weighted by Crippen LogP contribution is 2.38. The zero-order valence-electron chi connectivity index (χ0n) is 13.2. The van der Waals surface area contributed by atoms with Crippen LogP contribution in [0.3, 0.4) is 0 Å². The number of aromatic nitrogens is 1. The van der Waals surface area contributed by atoms with Crippen LogP contribution in [0.5, 0.6) is 0 Å². The Morgan fingerprint density at radius 1 is 1.19 bits per heavy atom. The molecule has 0 spiro atoms. The van der Waals surface area contributed by atoms with Crippen LogP contribution < -0.4 is 4.78 Å². The van der Waals surface area contributed by atoms with E-state index >= 15 is 0 Å². The number of thiazole rings is 1. The number of hydrogen-bond donors (Lipinski definition) is 1. The van der Waals surface area contributed by atoms with E-state index in [1.165, 1.54) is 11.3 Å². The largest absolute Gasteiger partial charge is 0.507 e. The van der Waals surface area contributed by atoms with E-state index in [-0.39, 0.29) is 11.2 Å². The van der Waals surface area contributed by atoms with Crippen LogP contribution in [0, 0.1) is 6.92 Å². The lowest BCUT2D eigenvalue weighted by Crippen LogP contribution is -2.41. The van der Waals surface area contributed by atoms with E-state index in [4.69, 9.17) is 14.0 Å². The first-order valence-electron chi connectivity index (χ1n) is 7.28. The molecule has 1 unspecified atom stereocenters. The molecule has 5 nitrogen and oxygen atoms in total. The van der Waals surface area contributed by atoms with E-state index in [0.29, 0.717) is 24.6 Å². The predicted octanol–water partition coefficient (Wildman–Crippen LogP) is 1.36. The Morgan fingerprint density at radius 3 is 2.33 bits per heavy atom. The van der Waals surface area contributed by atoms with Crippen molar-refractivity contribution < 1.29 is 19.2 Å². The first-order chi connectivity index (χ1) is 9.65. The third-order valence-electron chi connectivity index (χ3n) is 4.70. The number of ether oxygens (including phenoxy) is 1. The summed E-state index contributed by atoms with van der Waals surface area (Å²) in [7, 11) is -0.424. The normalized spacial score (nSPS) is 31.0. The molecule has 21 heavy (non-hydrogen) atoms. The molecule has 116 valence electrons. The second-order valence-corrected chi connectivity index (χ2v) is 7.92. The molecule has 2 aliphatic rings. The highest BCUT2D eigenvalue weighted by molar-refractivity contribution is 7.22. The molecule has 0 amide bonds. The minimum absolute atomic E-state index is 0.308. The smallest absolute Gasteiger partial charge is 0.399 e. The first kappa shape index (κ1) is 15.4. The van der Waals surface area contributed by atoms with Crippen molar-refractivity contribution in [3.8, 4) is 0 Å². The molecule has 0 saturated carbocycles. The third kappa shape index (κ3) is 2.45. The van der Waals surface area contributed by atoms with Crippen LogP contribution in [-0.4, -0.2) is 41.6 Å². The number of hydrogen-bond acceptors (Lipinski definition) is 6. The van der Waals surface area contributed by atoms with Gasteiger partial charge in [0.25, 0.3) is 0 Å². The van der Waals surface area contributed by atoms with Gasteiger partial charge in [0.2, 0.25) is 0 Å². The second kappa shape index (κ2) is 4.76. The van der Waals surface area contributed by atoms with Crippen molar-refractivity contribution in [3.05, 3.63) is 10.7 Å². The molecule has 0 radical (unpaired) electrons. The van der Waals surface area contributed by atoms with Crippen LogP contribution in [0.4, 0.5) is 0 Å². The summed E-state index contributed by atoms with van der Waals surface area (Å²) in [6, 6.07) is 0. The van der Waals surface area contributed by atoms with E-state index in [2.05, 4.69) is 4.98 Å². The van der Waals surface area contributed by atoms with Crippen molar-refractivity contribution in [2.45, 2.75) is 57.8 Å². The third-order valence-corrected chi connectivity index (χ3v) is 6.07. The second-order valence-electron chi connectivity index (χ2n) is 6.89. The van der Waals surface area contributed by atoms with E-state index in [1.54, 1.807) is 0 Å². The maximum atomic E-state index is 10.6. The highest BCUT2D eigenvalue weighted by atomic mass is 32.1. The molecule has 2 saturated heterocycles. The van der Waals surface area contributed by atoms with Gasteiger partial charge in [-0.1, -0.05) is 0 Å². The number of aliphatic hydroxyl groups is 1. The highest BCUT2D eigenvalue weighted by Gasteiger charge is 2.53. The summed E-state index contributed by atoms with van der Waals surface area (Å²) in [6.07, 6.45) is 0.586. The molecule has 1 N–H and O–H groups in total. The van der Waals surface area contributed by atoms with Crippen molar-refractivity contribution in [2.24, 2.45) is 0 Å². The Labute approximate surface area is 129 Å². The Hall–Kier alpha value is -0.465. The van der Waals surface area contributed by atoms with Crippen molar-refractivity contribution in [2.75, 3.05) is 13.2 Å². The SMILES string of the molecule is Cc1nc(C2(O)CCOC2)sc1B1OC(C)(C)C(C)(C)O1. The fourth-order valence-electron chi connectivity index (χ4n) is 2.50. The molecule has 2 fully saturated rings. The van der Waals surface area contributed by atoms with Gasteiger partial charge in [-0.15, -0.1) is 11.3 Å². The summed E-state index contributed by atoms with van der Waals surface area (Å²) in [5, 5.41) is 11.3. The molecular weight excluding hydrogens is 289 g/mol. The molecule has 1 aromatic heterocycles. The van der Waals surface area contributed by atoms with Crippen molar-refractivity contribution >= 4 is 23.2 Å². The van der Waals surface area contributed by atoms with Gasteiger partial charge in [0, 0.05) is 18.7 Å². The fourth-order valence-corrected chi connectivity index (χ4v) is 3.63. The van der Waals surface area contributed by atoms with Gasteiger partial charge in [0.15, 0.2) is 0 Å². The van der Waals surface area contributed by atoms with Gasteiger partial charge in [-0.2, -0.15) is 0 Å². The van der Waals surface area contributed by atoms with Gasteiger partial charge >= 0.3 is 7.12 Å². The van der Waals surface area contributed by atoms with E-state index in [9.17, 15) is 5.11 Å². The van der Waals surface area contributed by atoms with Gasteiger partial charge < -0.3 is 19.2 Å². The summed E-state index contributed by atoms with van der Waals surface area (Å²) >= 11 is 1.46. The summed E-state index contributed by atoms with van der Waals surface area (Å²) in [6.45, 7) is 10.9. The first-order valence-corrected chi connectivity index (χ1v) is 8.10. The number of rotatable bonds is 2. The van der Waals surface area contributed by atoms with Gasteiger partial charge in [0.1, 0.15) is 10.6 Å². The lowest BCUT2D eigenvalue weighted by Gasteiger charge is -2.32. The summed E-state index contributed by atoms with van der Waals surface area (Å²) in [5.41, 5.74) is -0.852. The lowest BCUT2D eigenvalue weighted by atomic mass is 9.86. The Kier molecular flexibility index (Phi) is 3.50. The fraction of sp³-hybridized carbons (Fsp3) is 0.786. The van der Waals surface area contributed by atoms with Crippen LogP contribution in [0.25, 0.3) is 0 Å². The number of nitrogens with zero attached hydrogens (tertiary/aromatic N) is 1. The molecule has 1 aromatic rings. The summed E-state index contributed by atoms with van der Waals surface area (Å²) in [5.74, 6) is 0. The molecule has 0 aliphatic carbocycles. The zero-order valence-corrected chi connectivity index (χ0v) is 14.0. The average Bonchev–Trinajstić information content (AvgIpc) is 2.99. The average molecular weight is 311 g/mol. The predicted molar refractivity (Wildman–Crippen MR) is 81.9 cm³/mol. The quantitative estimate of drug-likeness (QED) is 0.836. The van der Waals surface area contributed by atoms with Crippen LogP contribution in [-0.2, 0) is 19.6 Å². The molecule has 3 rings (SSSR count). The minimum atomic E-state index is -0.961. The zero-order chi connectivity index (χ0) is 15.5. The van der Waals surface area contributed by atoms with Crippen molar-refractivity contribution in [1.29, 1.82) is 0 Å².